The average molecular weight is 323 g/mol. The van der Waals surface area contributed by atoms with Crippen LogP contribution in [0, 0.1) is 22.9 Å². The first-order valence-electron chi connectivity index (χ1n) is 6.42. The van der Waals surface area contributed by atoms with Crippen molar-refractivity contribution in [3.63, 3.8) is 0 Å². The molecule has 1 fully saturated rings. The zero-order chi connectivity index (χ0) is 15.1. The SMILES string of the molecule is CC1(C)CN(C(=O)c2c(F)cc(F)cc2F)CCC1N.Cl. The highest BCUT2D eigenvalue weighted by Crippen LogP contribution is 2.29. The number of rotatable bonds is 1. The lowest BCUT2D eigenvalue weighted by Crippen LogP contribution is -2.54. The van der Waals surface area contributed by atoms with Gasteiger partial charge in [0.25, 0.3) is 5.91 Å². The van der Waals surface area contributed by atoms with Crippen molar-refractivity contribution in [2.45, 2.75) is 26.3 Å². The summed E-state index contributed by atoms with van der Waals surface area (Å²) >= 11 is 0. The largest absolute Gasteiger partial charge is 0.338 e. The Morgan fingerprint density at radius 2 is 1.81 bits per heavy atom. The van der Waals surface area contributed by atoms with Gasteiger partial charge in [0.05, 0.1) is 0 Å². The van der Waals surface area contributed by atoms with Crippen LogP contribution >= 0.6 is 12.4 Å². The van der Waals surface area contributed by atoms with Gasteiger partial charge >= 0.3 is 0 Å². The lowest BCUT2D eigenvalue weighted by atomic mass is 9.79. The second kappa shape index (κ2) is 6.23. The molecule has 2 rings (SSSR count). The molecule has 1 heterocycles. The van der Waals surface area contributed by atoms with E-state index in [0.29, 0.717) is 31.6 Å². The van der Waals surface area contributed by atoms with Gasteiger partial charge in [-0.3, -0.25) is 4.79 Å². The average Bonchev–Trinajstić information content (AvgIpc) is 2.31. The number of nitrogens with zero attached hydrogens (tertiary/aromatic N) is 1. The minimum atomic E-state index is -1.18. The van der Waals surface area contributed by atoms with E-state index < -0.39 is 28.9 Å². The summed E-state index contributed by atoms with van der Waals surface area (Å²) < 4.78 is 40.1. The molecular formula is C14H18ClF3N2O. The standard InChI is InChI=1S/C14H17F3N2O.ClH/c1-14(2)7-19(4-3-11(14)18)13(20)12-9(16)5-8(15)6-10(12)17;/h5-6,11H,3-4,7,18H2,1-2H3;1H. The zero-order valence-electron chi connectivity index (χ0n) is 11.8. The highest BCUT2D eigenvalue weighted by Gasteiger charge is 2.36. The first kappa shape index (κ1) is 17.8. The molecule has 1 aromatic carbocycles. The molecule has 7 heteroatoms. The molecule has 3 nitrogen and oxygen atoms in total. The fraction of sp³-hybridized carbons (Fsp3) is 0.500. The fourth-order valence-electron chi connectivity index (χ4n) is 2.45. The molecule has 0 aliphatic carbocycles. The van der Waals surface area contributed by atoms with Crippen LogP contribution in [0.5, 0.6) is 0 Å². The van der Waals surface area contributed by atoms with Crippen molar-refractivity contribution in [3.8, 4) is 0 Å². The number of likely N-dealkylation sites (tertiary alicyclic amines) is 1. The van der Waals surface area contributed by atoms with E-state index in [4.69, 9.17) is 5.73 Å². The molecule has 1 aliphatic heterocycles. The second-order valence-electron chi connectivity index (χ2n) is 5.85. The van der Waals surface area contributed by atoms with Crippen molar-refractivity contribution in [1.29, 1.82) is 0 Å². The summed E-state index contributed by atoms with van der Waals surface area (Å²) in [6, 6.07) is 0.948. The molecule has 0 spiro atoms. The van der Waals surface area contributed by atoms with Crippen molar-refractivity contribution in [2.24, 2.45) is 11.1 Å². The molecule has 0 bridgehead atoms. The topological polar surface area (TPSA) is 46.3 Å². The number of hydrogen-bond donors (Lipinski definition) is 1. The Balaban J connectivity index is 0.00000220. The van der Waals surface area contributed by atoms with E-state index in [1.54, 1.807) is 0 Å². The van der Waals surface area contributed by atoms with Crippen LogP contribution in [-0.4, -0.2) is 29.9 Å². The van der Waals surface area contributed by atoms with Crippen molar-refractivity contribution in [1.82, 2.24) is 4.90 Å². The number of benzene rings is 1. The number of nitrogens with two attached hydrogens (primary N) is 1. The molecular weight excluding hydrogens is 305 g/mol. The second-order valence-corrected chi connectivity index (χ2v) is 5.85. The molecule has 118 valence electrons. The Labute approximate surface area is 127 Å². The van der Waals surface area contributed by atoms with Crippen LogP contribution in [0.25, 0.3) is 0 Å². The molecule has 1 aromatic rings. The van der Waals surface area contributed by atoms with Gasteiger partial charge in [0, 0.05) is 31.3 Å². The van der Waals surface area contributed by atoms with Crippen LogP contribution in [0.4, 0.5) is 13.2 Å². The van der Waals surface area contributed by atoms with E-state index >= 15 is 0 Å². The van der Waals surface area contributed by atoms with Gasteiger partial charge in [-0.05, 0) is 11.8 Å². The Morgan fingerprint density at radius 1 is 1.29 bits per heavy atom. The van der Waals surface area contributed by atoms with Gasteiger partial charge in [-0.1, -0.05) is 13.8 Å². The quantitative estimate of drug-likeness (QED) is 0.864. The lowest BCUT2D eigenvalue weighted by molar-refractivity contribution is 0.0523. The Bertz CT molecular complexity index is 528. The molecule has 2 N–H and O–H groups in total. The normalized spacial score (nSPS) is 20.9. The minimum Gasteiger partial charge on any atom is -0.338 e. The first-order valence-corrected chi connectivity index (χ1v) is 6.42. The predicted molar refractivity (Wildman–Crippen MR) is 75.8 cm³/mol. The number of carbonyl (C=O) groups is 1. The summed E-state index contributed by atoms with van der Waals surface area (Å²) in [6.45, 7) is 4.44. The van der Waals surface area contributed by atoms with Gasteiger partial charge in [0.15, 0.2) is 0 Å². The minimum absolute atomic E-state index is 0. The van der Waals surface area contributed by atoms with Crippen molar-refractivity contribution < 1.29 is 18.0 Å². The maximum atomic E-state index is 13.6. The van der Waals surface area contributed by atoms with Crippen LogP contribution in [0.2, 0.25) is 0 Å². The van der Waals surface area contributed by atoms with E-state index in [1.165, 1.54) is 4.90 Å². The molecule has 1 unspecified atom stereocenters. The molecule has 0 radical (unpaired) electrons. The Kier molecular flexibility index (Phi) is 5.28. The molecule has 1 atom stereocenters. The Morgan fingerprint density at radius 3 is 2.29 bits per heavy atom. The maximum Gasteiger partial charge on any atom is 0.259 e. The summed E-state index contributed by atoms with van der Waals surface area (Å²) in [6.07, 6.45) is 0.559. The third-order valence-corrected chi connectivity index (χ3v) is 3.82. The van der Waals surface area contributed by atoms with E-state index in [1.807, 2.05) is 13.8 Å². The molecule has 1 amide bonds. The van der Waals surface area contributed by atoms with Crippen molar-refractivity contribution in [3.05, 3.63) is 35.1 Å². The molecule has 0 saturated carbocycles. The van der Waals surface area contributed by atoms with Crippen LogP contribution in [0.1, 0.15) is 30.6 Å². The monoisotopic (exact) mass is 322 g/mol. The van der Waals surface area contributed by atoms with Crippen molar-refractivity contribution in [2.75, 3.05) is 13.1 Å². The van der Waals surface area contributed by atoms with Crippen LogP contribution in [-0.2, 0) is 0 Å². The van der Waals surface area contributed by atoms with Crippen LogP contribution < -0.4 is 5.73 Å². The van der Waals surface area contributed by atoms with Gasteiger partial charge in [0.2, 0.25) is 0 Å². The van der Waals surface area contributed by atoms with Gasteiger partial charge in [-0.15, -0.1) is 12.4 Å². The van der Waals surface area contributed by atoms with Gasteiger partial charge in [0.1, 0.15) is 23.0 Å². The first-order chi connectivity index (χ1) is 9.22. The van der Waals surface area contributed by atoms with Crippen molar-refractivity contribution >= 4 is 18.3 Å². The van der Waals surface area contributed by atoms with Crippen LogP contribution in [0.3, 0.4) is 0 Å². The van der Waals surface area contributed by atoms with E-state index in [0.717, 1.165) is 0 Å². The summed E-state index contributed by atoms with van der Waals surface area (Å²) in [7, 11) is 0. The number of halogens is 4. The molecule has 1 saturated heterocycles. The highest BCUT2D eigenvalue weighted by atomic mass is 35.5. The molecule has 21 heavy (non-hydrogen) atoms. The van der Waals surface area contributed by atoms with Gasteiger partial charge in [-0.2, -0.15) is 0 Å². The van der Waals surface area contributed by atoms with Gasteiger partial charge < -0.3 is 10.6 Å². The Hall–Kier alpha value is -1.27. The lowest BCUT2D eigenvalue weighted by Gasteiger charge is -2.42. The molecule has 1 aliphatic rings. The summed E-state index contributed by atoms with van der Waals surface area (Å²) in [5, 5.41) is 0. The fourth-order valence-corrected chi connectivity index (χ4v) is 2.45. The number of hydrogen-bond acceptors (Lipinski definition) is 2. The van der Waals surface area contributed by atoms with E-state index in [2.05, 4.69) is 0 Å². The van der Waals surface area contributed by atoms with E-state index in [9.17, 15) is 18.0 Å². The third kappa shape index (κ3) is 3.49. The molecule has 0 aromatic heterocycles. The number of carbonyl (C=O) groups excluding carboxylic acids is 1. The smallest absolute Gasteiger partial charge is 0.259 e. The summed E-state index contributed by atoms with van der Waals surface area (Å²) in [4.78, 5) is 13.6. The van der Waals surface area contributed by atoms with E-state index in [-0.39, 0.29) is 23.9 Å². The maximum absolute atomic E-state index is 13.6. The number of piperidine rings is 1. The zero-order valence-corrected chi connectivity index (χ0v) is 12.6. The third-order valence-electron chi connectivity index (χ3n) is 3.82. The highest BCUT2D eigenvalue weighted by molar-refractivity contribution is 5.94. The summed E-state index contributed by atoms with van der Waals surface area (Å²) in [5.74, 6) is -4.17. The predicted octanol–water partition coefficient (Wildman–Crippen LogP) is 2.73. The van der Waals surface area contributed by atoms with Crippen LogP contribution in [0.15, 0.2) is 12.1 Å². The summed E-state index contributed by atoms with van der Waals surface area (Å²) in [5.41, 5.74) is 4.91. The number of amides is 1. The van der Waals surface area contributed by atoms with Gasteiger partial charge in [-0.25, -0.2) is 13.2 Å².